The van der Waals surface area contributed by atoms with Gasteiger partial charge in [-0.05, 0) is 58.3 Å². The highest BCUT2D eigenvalue weighted by atomic mass is 79.9. The fourth-order valence-corrected chi connectivity index (χ4v) is 3.08. The number of hydrogen-bond donors (Lipinski definition) is 1. The molecule has 104 valence electrons. The molecule has 0 aliphatic heterocycles. The van der Waals surface area contributed by atoms with Crippen LogP contribution in [0.15, 0.2) is 28.9 Å². The molecule has 1 heterocycles. The van der Waals surface area contributed by atoms with E-state index in [0.29, 0.717) is 16.8 Å². The SMILES string of the molecule is CC1CC(C(=O)Nc2cc3cc(Br)c(Cl)cc3cn2)C1. The van der Waals surface area contributed by atoms with Gasteiger partial charge in [0.25, 0.3) is 0 Å². The number of fused-ring (bicyclic) bond motifs is 1. The number of halogens is 2. The molecule has 0 radical (unpaired) electrons. The first kappa shape index (κ1) is 13.8. The lowest BCUT2D eigenvalue weighted by Crippen LogP contribution is -2.33. The van der Waals surface area contributed by atoms with Crippen molar-refractivity contribution in [1.29, 1.82) is 0 Å². The van der Waals surface area contributed by atoms with Gasteiger partial charge < -0.3 is 5.32 Å². The summed E-state index contributed by atoms with van der Waals surface area (Å²) in [5, 5.41) is 5.49. The zero-order valence-electron chi connectivity index (χ0n) is 11.0. The smallest absolute Gasteiger partial charge is 0.228 e. The molecule has 1 aliphatic carbocycles. The summed E-state index contributed by atoms with van der Waals surface area (Å²) in [5.41, 5.74) is 0. The van der Waals surface area contributed by atoms with Crippen LogP contribution in [0.25, 0.3) is 10.8 Å². The minimum absolute atomic E-state index is 0.0722. The third-order valence-electron chi connectivity index (χ3n) is 3.76. The predicted molar refractivity (Wildman–Crippen MR) is 85.0 cm³/mol. The Hall–Kier alpha value is -1.13. The largest absolute Gasteiger partial charge is 0.310 e. The van der Waals surface area contributed by atoms with Crippen molar-refractivity contribution >= 4 is 50.0 Å². The molecule has 3 nitrogen and oxygen atoms in total. The maximum Gasteiger partial charge on any atom is 0.228 e. The van der Waals surface area contributed by atoms with Crippen molar-refractivity contribution in [2.45, 2.75) is 19.8 Å². The number of pyridine rings is 1. The molecule has 1 fully saturated rings. The molecule has 0 saturated heterocycles. The Bertz CT molecular complexity index is 683. The molecular weight excluding hydrogens is 340 g/mol. The Morgan fingerprint density at radius 1 is 1.35 bits per heavy atom. The third-order valence-corrected chi connectivity index (χ3v) is 4.95. The van der Waals surface area contributed by atoms with Crippen LogP contribution in [-0.2, 0) is 4.79 Å². The fraction of sp³-hybridized carbons (Fsp3) is 0.333. The summed E-state index contributed by atoms with van der Waals surface area (Å²) < 4.78 is 0.836. The van der Waals surface area contributed by atoms with E-state index in [4.69, 9.17) is 11.6 Å². The van der Waals surface area contributed by atoms with Crippen molar-refractivity contribution in [3.05, 3.63) is 33.9 Å². The Balaban J connectivity index is 1.82. The van der Waals surface area contributed by atoms with Gasteiger partial charge in [-0.25, -0.2) is 4.98 Å². The molecule has 1 aromatic carbocycles. The van der Waals surface area contributed by atoms with Gasteiger partial charge in [-0.3, -0.25) is 4.79 Å². The maximum atomic E-state index is 12.0. The van der Waals surface area contributed by atoms with Gasteiger partial charge >= 0.3 is 0 Å². The first-order valence-corrected chi connectivity index (χ1v) is 7.75. The van der Waals surface area contributed by atoms with E-state index < -0.39 is 0 Å². The van der Waals surface area contributed by atoms with E-state index in [1.165, 1.54) is 0 Å². The van der Waals surface area contributed by atoms with Gasteiger partial charge in [0.05, 0.1) is 5.02 Å². The fourth-order valence-electron chi connectivity index (χ4n) is 2.55. The second-order valence-corrected chi connectivity index (χ2v) is 6.71. The van der Waals surface area contributed by atoms with Gasteiger partial charge in [-0.15, -0.1) is 0 Å². The minimum atomic E-state index is 0.0722. The van der Waals surface area contributed by atoms with Crippen LogP contribution in [0.3, 0.4) is 0 Å². The molecule has 0 spiro atoms. The summed E-state index contributed by atoms with van der Waals surface area (Å²) in [6.07, 6.45) is 3.67. The maximum absolute atomic E-state index is 12.0. The quantitative estimate of drug-likeness (QED) is 0.855. The van der Waals surface area contributed by atoms with Gasteiger partial charge in [0.1, 0.15) is 5.82 Å². The molecule has 1 N–H and O–H groups in total. The molecule has 0 atom stereocenters. The summed E-state index contributed by atoms with van der Waals surface area (Å²) in [5.74, 6) is 1.46. The molecule has 2 aromatic rings. The molecule has 1 saturated carbocycles. The van der Waals surface area contributed by atoms with E-state index >= 15 is 0 Å². The molecule has 20 heavy (non-hydrogen) atoms. The number of rotatable bonds is 2. The van der Waals surface area contributed by atoms with Gasteiger partial charge in [-0.1, -0.05) is 18.5 Å². The Morgan fingerprint density at radius 2 is 2.10 bits per heavy atom. The lowest BCUT2D eigenvalue weighted by atomic mass is 9.76. The second-order valence-electron chi connectivity index (χ2n) is 5.45. The highest BCUT2D eigenvalue weighted by Gasteiger charge is 2.31. The number of carbonyl (C=O) groups is 1. The Morgan fingerprint density at radius 3 is 2.80 bits per heavy atom. The van der Waals surface area contributed by atoms with Gasteiger partial charge in [0, 0.05) is 22.0 Å². The van der Waals surface area contributed by atoms with Crippen LogP contribution in [0.1, 0.15) is 19.8 Å². The first-order chi connectivity index (χ1) is 9.52. The number of nitrogens with one attached hydrogen (secondary N) is 1. The molecule has 0 unspecified atom stereocenters. The highest BCUT2D eigenvalue weighted by Crippen LogP contribution is 2.34. The van der Waals surface area contributed by atoms with Crippen molar-refractivity contribution in [1.82, 2.24) is 4.98 Å². The molecule has 1 aromatic heterocycles. The summed E-state index contributed by atoms with van der Waals surface area (Å²) in [6.45, 7) is 2.17. The predicted octanol–water partition coefficient (Wildman–Crippen LogP) is 4.64. The van der Waals surface area contributed by atoms with E-state index in [-0.39, 0.29) is 11.8 Å². The highest BCUT2D eigenvalue weighted by molar-refractivity contribution is 9.10. The topological polar surface area (TPSA) is 42.0 Å². The lowest BCUT2D eigenvalue weighted by Gasteiger charge is -2.31. The van der Waals surface area contributed by atoms with Crippen molar-refractivity contribution in [3.8, 4) is 0 Å². The number of benzene rings is 1. The van der Waals surface area contributed by atoms with Crippen LogP contribution in [0.5, 0.6) is 0 Å². The summed E-state index contributed by atoms with van der Waals surface area (Å²) >= 11 is 9.45. The normalized spacial score (nSPS) is 21.6. The molecule has 3 rings (SSSR count). The average molecular weight is 354 g/mol. The zero-order chi connectivity index (χ0) is 14.3. The van der Waals surface area contributed by atoms with Crippen molar-refractivity contribution in [3.63, 3.8) is 0 Å². The Kier molecular flexibility index (Phi) is 3.69. The number of hydrogen-bond acceptors (Lipinski definition) is 2. The summed E-state index contributed by atoms with van der Waals surface area (Å²) in [6, 6.07) is 5.66. The van der Waals surface area contributed by atoms with Crippen LogP contribution in [0.4, 0.5) is 5.82 Å². The molecule has 0 bridgehead atoms. The number of amides is 1. The number of anilines is 1. The number of aromatic nitrogens is 1. The van der Waals surface area contributed by atoms with E-state index in [1.807, 2.05) is 18.2 Å². The van der Waals surface area contributed by atoms with E-state index in [1.54, 1.807) is 6.20 Å². The lowest BCUT2D eigenvalue weighted by molar-refractivity contribution is -0.123. The van der Waals surface area contributed by atoms with Gasteiger partial charge in [-0.2, -0.15) is 0 Å². The first-order valence-electron chi connectivity index (χ1n) is 6.58. The third kappa shape index (κ3) is 2.67. The van der Waals surface area contributed by atoms with Crippen LogP contribution in [0, 0.1) is 11.8 Å². The number of nitrogens with zero attached hydrogens (tertiary/aromatic N) is 1. The monoisotopic (exact) mass is 352 g/mol. The average Bonchev–Trinajstić information content (AvgIpc) is 2.36. The van der Waals surface area contributed by atoms with Gasteiger partial charge in [0.2, 0.25) is 5.91 Å². The van der Waals surface area contributed by atoms with E-state index in [9.17, 15) is 4.79 Å². The molecule has 1 amide bonds. The Labute approximate surface area is 130 Å². The van der Waals surface area contributed by atoms with Crippen LogP contribution < -0.4 is 5.32 Å². The van der Waals surface area contributed by atoms with Crippen molar-refractivity contribution < 1.29 is 4.79 Å². The standard InChI is InChI=1S/C15H14BrClN2O/c1-8-2-10(3-8)15(20)19-14-6-9-4-12(16)13(17)5-11(9)7-18-14/h4-8,10H,2-3H2,1H3,(H,18,19,20). The van der Waals surface area contributed by atoms with Crippen LogP contribution in [0.2, 0.25) is 5.02 Å². The molecular formula is C15H14BrClN2O. The van der Waals surface area contributed by atoms with E-state index in [0.717, 1.165) is 28.1 Å². The summed E-state index contributed by atoms with van der Waals surface area (Å²) in [4.78, 5) is 16.3. The number of carbonyl (C=O) groups excluding carboxylic acids is 1. The zero-order valence-corrected chi connectivity index (χ0v) is 13.3. The molecule has 1 aliphatic rings. The van der Waals surface area contributed by atoms with Crippen LogP contribution in [-0.4, -0.2) is 10.9 Å². The van der Waals surface area contributed by atoms with Crippen molar-refractivity contribution in [2.75, 3.05) is 5.32 Å². The minimum Gasteiger partial charge on any atom is -0.310 e. The summed E-state index contributed by atoms with van der Waals surface area (Å²) in [7, 11) is 0. The van der Waals surface area contributed by atoms with Crippen molar-refractivity contribution in [2.24, 2.45) is 11.8 Å². The van der Waals surface area contributed by atoms with Crippen LogP contribution >= 0.6 is 27.5 Å². The second kappa shape index (κ2) is 5.34. The van der Waals surface area contributed by atoms with Gasteiger partial charge in [0.15, 0.2) is 0 Å². The van der Waals surface area contributed by atoms with E-state index in [2.05, 4.69) is 33.2 Å². The molecule has 5 heteroatoms.